The summed E-state index contributed by atoms with van der Waals surface area (Å²) in [7, 11) is 3.14. The van der Waals surface area contributed by atoms with Crippen molar-refractivity contribution in [1.82, 2.24) is 40.0 Å². The number of fused-ring (bicyclic) bond motifs is 6. The lowest BCUT2D eigenvalue weighted by Crippen LogP contribution is -2.67. The van der Waals surface area contributed by atoms with E-state index >= 15 is 8.78 Å². The van der Waals surface area contributed by atoms with Crippen LogP contribution in [0.5, 0.6) is 5.75 Å². The standard InChI is InChI=1S/C56H72F2N8O9/c1-9-65-45-15-14-37-30-42(45)43(49(65)41-12-10-18-59-47(41)35(4)73-8)31-55(5,6)33-75-54(72)50-56(57,58)17-21-66(61-50)53(71)44(28-36-26-39(37)29-40(67)27-36)60-51(69)48(34(2)3)62(7)52(70)38-16-20-64(32-38)46(68)13-11-19-63-22-24-74-25-23-63/h10-15,18,26-27,29-30,34-35,38,44,48,50,61,67H,9,16-17,19-25,28,31-33H2,1-8H3,(H,60,69)/b13-11+/t35-,38-,44-,48-,50+/m0/s1. The number of amides is 4. The Morgan fingerprint density at radius 2 is 1.80 bits per heavy atom. The van der Waals surface area contributed by atoms with Gasteiger partial charge in [0.05, 0.1) is 43.2 Å². The fraction of sp³-hybridized carbons (Fsp3) is 0.536. The minimum absolute atomic E-state index is 0.114. The molecule has 4 aromatic rings. The molecule has 0 unspecified atom stereocenters. The number of hydrazine groups is 1. The van der Waals surface area contributed by atoms with E-state index in [9.17, 15) is 29.1 Å². The molecule has 0 spiro atoms. The largest absolute Gasteiger partial charge is 0.508 e. The molecule has 2 aromatic heterocycles. The van der Waals surface area contributed by atoms with E-state index in [4.69, 9.17) is 19.2 Å². The van der Waals surface area contributed by atoms with E-state index in [-0.39, 0.29) is 43.2 Å². The number of nitrogens with one attached hydrogen (secondary N) is 2. The molecule has 2 aromatic carbocycles. The molecule has 3 saturated heterocycles. The van der Waals surface area contributed by atoms with Crippen LogP contribution in [0.2, 0.25) is 0 Å². The Labute approximate surface area is 437 Å². The summed E-state index contributed by atoms with van der Waals surface area (Å²) < 4.78 is 51.0. The lowest BCUT2D eigenvalue weighted by atomic mass is 9.84. The van der Waals surface area contributed by atoms with Crippen LogP contribution in [0.4, 0.5) is 8.78 Å². The zero-order valence-corrected chi connectivity index (χ0v) is 44.4. The third-order valence-electron chi connectivity index (χ3n) is 15.1. The van der Waals surface area contributed by atoms with E-state index in [1.807, 2.05) is 70.2 Å². The highest BCUT2D eigenvalue weighted by Gasteiger charge is 2.51. The number of halogens is 2. The van der Waals surface area contributed by atoms with Crippen molar-refractivity contribution in [2.75, 3.05) is 73.2 Å². The monoisotopic (exact) mass is 1040 g/mol. The number of phenols is 1. The van der Waals surface area contributed by atoms with Crippen molar-refractivity contribution in [2.45, 2.75) is 104 Å². The molecule has 0 saturated carbocycles. The van der Waals surface area contributed by atoms with Gasteiger partial charge in [0.25, 0.3) is 11.8 Å². The van der Waals surface area contributed by atoms with Gasteiger partial charge < -0.3 is 39.0 Å². The second kappa shape index (κ2) is 22.9. The fourth-order valence-corrected chi connectivity index (χ4v) is 11.0. The van der Waals surface area contributed by atoms with Crippen molar-refractivity contribution < 1.29 is 52.1 Å². The van der Waals surface area contributed by atoms with E-state index in [0.717, 1.165) is 57.1 Å². The van der Waals surface area contributed by atoms with E-state index in [1.165, 1.54) is 24.1 Å². The molecule has 404 valence electrons. The maximum atomic E-state index is 15.9. The average Bonchev–Trinajstić information content (AvgIpc) is 4.01. The molecular formula is C56H72F2N8O9. The molecule has 17 nitrogen and oxygen atoms in total. The number of benzene rings is 2. The van der Waals surface area contributed by atoms with E-state index < -0.39 is 72.0 Å². The molecule has 4 aliphatic rings. The molecule has 0 aliphatic carbocycles. The number of carbonyl (C=O) groups is 5. The number of aromatic nitrogens is 2. The van der Waals surface area contributed by atoms with Gasteiger partial charge in [0.15, 0.2) is 6.04 Å². The maximum absolute atomic E-state index is 15.9. The Bertz CT molecular complexity index is 2810. The van der Waals surface area contributed by atoms with E-state index in [0.29, 0.717) is 56.8 Å². The number of carbonyl (C=O) groups excluding carboxylic acids is 5. The van der Waals surface area contributed by atoms with Crippen LogP contribution in [0.25, 0.3) is 33.3 Å². The van der Waals surface area contributed by atoms with Crippen LogP contribution < -0.4 is 10.7 Å². The van der Waals surface area contributed by atoms with Crippen molar-refractivity contribution in [1.29, 1.82) is 0 Å². The first-order chi connectivity index (χ1) is 35.7. The van der Waals surface area contributed by atoms with Crippen LogP contribution in [-0.4, -0.2) is 161 Å². The number of alkyl halides is 2. The van der Waals surface area contributed by atoms with Crippen LogP contribution >= 0.6 is 0 Å². The number of likely N-dealkylation sites (tertiary alicyclic amines) is 1. The molecule has 3 N–H and O–H groups in total. The Morgan fingerprint density at radius 3 is 2.52 bits per heavy atom. The van der Waals surface area contributed by atoms with Crippen molar-refractivity contribution in [3.05, 3.63) is 83.7 Å². The van der Waals surface area contributed by atoms with Crippen LogP contribution in [0.1, 0.15) is 77.3 Å². The molecule has 4 amide bonds. The summed E-state index contributed by atoms with van der Waals surface area (Å²) in [5.41, 5.74) is 7.71. The number of phenolic OH excluding ortho intramolecular Hbond substituents is 1. The van der Waals surface area contributed by atoms with Crippen LogP contribution in [-0.2, 0) is 57.6 Å². The van der Waals surface area contributed by atoms with Gasteiger partial charge in [-0.3, -0.25) is 38.9 Å². The summed E-state index contributed by atoms with van der Waals surface area (Å²) in [6.45, 7) is 15.1. The number of hydrogen-bond acceptors (Lipinski definition) is 12. The lowest BCUT2D eigenvalue weighted by Gasteiger charge is -2.40. The third kappa shape index (κ3) is 12.1. The zero-order chi connectivity index (χ0) is 53.9. The lowest BCUT2D eigenvalue weighted by molar-refractivity contribution is -0.176. The number of esters is 1. The highest BCUT2D eigenvalue weighted by molar-refractivity contribution is 5.96. The first-order valence-corrected chi connectivity index (χ1v) is 26.1. The average molecular weight is 1040 g/mol. The smallest absolute Gasteiger partial charge is 0.331 e. The fourth-order valence-electron chi connectivity index (χ4n) is 11.0. The van der Waals surface area contributed by atoms with Crippen LogP contribution in [0.15, 0.2) is 66.9 Å². The van der Waals surface area contributed by atoms with Gasteiger partial charge in [-0.2, -0.15) is 0 Å². The summed E-state index contributed by atoms with van der Waals surface area (Å²) in [5.74, 6) is -8.07. The van der Waals surface area contributed by atoms with Gasteiger partial charge in [0.1, 0.15) is 17.8 Å². The molecule has 4 aliphatic heterocycles. The number of rotatable bonds is 12. The van der Waals surface area contributed by atoms with Gasteiger partial charge in [0, 0.05) is 107 Å². The van der Waals surface area contributed by atoms with Gasteiger partial charge in [-0.15, -0.1) is 0 Å². The molecule has 6 bridgehead atoms. The predicted molar refractivity (Wildman–Crippen MR) is 278 cm³/mol. The zero-order valence-electron chi connectivity index (χ0n) is 44.4. The van der Waals surface area contributed by atoms with Crippen LogP contribution in [0, 0.1) is 17.3 Å². The number of morpholine rings is 1. The van der Waals surface area contributed by atoms with Crippen LogP contribution in [0.3, 0.4) is 0 Å². The van der Waals surface area contributed by atoms with Gasteiger partial charge in [-0.1, -0.05) is 45.9 Å². The number of pyridine rings is 1. The van der Waals surface area contributed by atoms with Gasteiger partial charge in [-0.25, -0.2) is 14.2 Å². The second-order valence-electron chi connectivity index (χ2n) is 21.5. The van der Waals surface area contributed by atoms with Crippen molar-refractivity contribution >= 4 is 40.5 Å². The minimum atomic E-state index is -3.62. The summed E-state index contributed by atoms with van der Waals surface area (Å²) in [6, 6.07) is 10.00. The Balaban J connectivity index is 1.13. The Kier molecular flexibility index (Phi) is 16.8. The summed E-state index contributed by atoms with van der Waals surface area (Å²) in [4.78, 5) is 80.7. The van der Waals surface area contributed by atoms with Crippen molar-refractivity contribution in [3.8, 4) is 28.1 Å². The Morgan fingerprint density at radius 1 is 1.04 bits per heavy atom. The normalized spacial score (nSPS) is 22.3. The number of hydrogen-bond donors (Lipinski definition) is 3. The van der Waals surface area contributed by atoms with Crippen molar-refractivity contribution in [3.63, 3.8) is 0 Å². The van der Waals surface area contributed by atoms with E-state index in [2.05, 4.69) is 20.2 Å². The summed E-state index contributed by atoms with van der Waals surface area (Å²) in [6.07, 6.45) is 4.35. The first-order valence-electron chi connectivity index (χ1n) is 26.1. The summed E-state index contributed by atoms with van der Waals surface area (Å²) in [5, 5.41) is 16.0. The number of ether oxygens (including phenoxy) is 3. The molecule has 19 heteroatoms. The molecule has 8 rings (SSSR count). The molecule has 0 radical (unpaired) electrons. The second-order valence-corrected chi connectivity index (χ2v) is 21.5. The number of cyclic esters (lactones) is 1. The molecule has 6 heterocycles. The molecule has 3 fully saturated rings. The quantitative estimate of drug-likeness (QED) is 0.113. The number of nitrogens with zero attached hydrogens (tertiary/aromatic N) is 6. The number of methoxy groups -OCH3 is 1. The van der Waals surface area contributed by atoms with Crippen molar-refractivity contribution in [2.24, 2.45) is 17.3 Å². The van der Waals surface area contributed by atoms with Gasteiger partial charge in [-0.05, 0) is 91.3 Å². The first kappa shape index (κ1) is 55.0. The number of aryl methyl sites for hydroxylation is 1. The maximum Gasteiger partial charge on any atom is 0.331 e. The molecule has 75 heavy (non-hydrogen) atoms. The molecule has 5 atom stereocenters. The number of likely N-dealkylation sites (N-methyl/N-ethyl adjacent to an activating group) is 1. The highest BCUT2D eigenvalue weighted by atomic mass is 19.3. The summed E-state index contributed by atoms with van der Waals surface area (Å²) >= 11 is 0. The Hall–Kier alpha value is -6.28. The van der Waals surface area contributed by atoms with E-state index in [1.54, 1.807) is 38.1 Å². The topological polar surface area (TPSA) is 188 Å². The molecular weight excluding hydrogens is 967 g/mol. The highest BCUT2D eigenvalue weighted by Crippen LogP contribution is 2.42. The van der Waals surface area contributed by atoms with Gasteiger partial charge in [0.2, 0.25) is 17.7 Å². The SMILES string of the molecule is CCn1c(-c2cccnc2[C@H](C)OC)c2c3cc(ccc31)-c1cc(O)cc(c1)C[C@H](NC(=O)[C@H](C(C)C)N(C)C(=O)[C@H]1CCN(C(=O)/C=C/CN3CCOCC3)C1)C(=O)N1CCC(F)(F)[C@H](N1)C(=O)OCC(C)(C)C2. The number of aromatic hydroxyl groups is 1. The third-order valence-corrected chi connectivity index (χ3v) is 15.1. The minimum Gasteiger partial charge on any atom is -0.508 e. The van der Waals surface area contributed by atoms with Gasteiger partial charge >= 0.3 is 5.97 Å². The predicted octanol–water partition coefficient (Wildman–Crippen LogP) is 5.92.